The summed E-state index contributed by atoms with van der Waals surface area (Å²) in [6.07, 6.45) is 1.57. The first-order valence-electron chi connectivity index (χ1n) is 9.14. The number of rotatable bonds is 6. The molecule has 148 valence electrons. The highest BCUT2D eigenvalue weighted by atomic mass is 35.5. The Bertz CT molecular complexity index is 1160. The molecule has 0 aliphatic heterocycles. The first-order valence-corrected chi connectivity index (χ1v) is 10.4. The monoisotopic (exact) mass is 432 g/mol. The largest absolute Gasteiger partial charge is 0.332 e. The lowest BCUT2D eigenvalue weighted by Gasteiger charge is -2.04. The third kappa shape index (κ3) is 5.11. The second-order valence-electron chi connectivity index (χ2n) is 6.36. The molecule has 1 amide bonds. The van der Waals surface area contributed by atoms with Crippen molar-refractivity contribution in [3.8, 4) is 11.3 Å². The van der Waals surface area contributed by atoms with Gasteiger partial charge in [-0.15, -0.1) is 11.3 Å². The number of carbonyl (C=O) groups excluding carboxylic acids is 1. The number of aromatic nitrogens is 1. The molecule has 0 aliphatic carbocycles. The Morgan fingerprint density at radius 1 is 0.967 bits per heavy atom. The van der Waals surface area contributed by atoms with E-state index in [0.29, 0.717) is 10.6 Å². The van der Waals surface area contributed by atoms with Gasteiger partial charge in [-0.1, -0.05) is 54.1 Å². The van der Waals surface area contributed by atoms with E-state index in [9.17, 15) is 4.79 Å². The molecule has 30 heavy (non-hydrogen) atoms. The SMILES string of the molecule is O=C(N/N=C/c1ccc(Cl)cc1)c1ccc(Nc2nc(-c3ccccc3)cs2)cc1. The van der Waals surface area contributed by atoms with Crippen LogP contribution in [0.2, 0.25) is 5.02 Å². The molecular formula is C23H17ClN4OS. The van der Waals surface area contributed by atoms with Crippen LogP contribution in [0.15, 0.2) is 89.3 Å². The summed E-state index contributed by atoms with van der Waals surface area (Å²) in [5.41, 5.74) is 6.73. The van der Waals surface area contributed by atoms with E-state index in [2.05, 4.69) is 20.8 Å². The number of nitrogens with one attached hydrogen (secondary N) is 2. The minimum Gasteiger partial charge on any atom is -0.332 e. The van der Waals surface area contributed by atoms with Crippen LogP contribution in [0.1, 0.15) is 15.9 Å². The molecule has 4 aromatic rings. The van der Waals surface area contributed by atoms with Gasteiger partial charge in [-0.2, -0.15) is 5.10 Å². The Morgan fingerprint density at radius 3 is 2.43 bits per heavy atom. The number of carbonyl (C=O) groups is 1. The number of hydrogen-bond acceptors (Lipinski definition) is 5. The molecule has 1 aromatic heterocycles. The standard InChI is InChI=1S/C23H17ClN4OS/c24-19-10-6-16(7-11-19)14-25-28-22(29)18-8-12-20(13-9-18)26-23-27-21(15-30-23)17-4-2-1-3-5-17/h1-15H,(H,26,27)(H,28,29)/b25-14+. The first-order chi connectivity index (χ1) is 14.7. The van der Waals surface area contributed by atoms with Crippen LogP contribution in [-0.4, -0.2) is 17.1 Å². The van der Waals surface area contributed by atoms with E-state index < -0.39 is 0 Å². The third-order valence-electron chi connectivity index (χ3n) is 4.22. The van der Waals surface area contributed by atoms with Crippen molar-refractivity contribution in [3.05, 3.63) is 100 Å². The first kappa shape index (κ1) is 19.8. The summed E-state index contributed by atoms with van der Waals surface area (Å²) >= 11 is 7.38. The topological polar surface area (TPSA) is 66.4 Å². The zero-order valence-corrected chi connectivity index (χ0v) is 17.3. The molecule has 0 aliphatic rings. The van der Waals surface area contributed by atoms with Gasteiger partial charge in [-0.25, -0.2) is 10.4 Å². The number of benzene rings is 3. The molecule has 5 nitrogen and oxygen atoms in total. The van der Waals surface area contributed by atoms with Crippen molar-refractivity contribution in [1.82, 2.24) is 10.4 Å². The zero-order chi connectivity index (χ0) is 20.8. The zero-order valence-electron chi connectivity index (χ0n) is 15.7. The van der Waals surface area contributed by atoms with Crippen LogP contribution in [-0.2, 0) is 0 Å². The van der Waals surface area contributed by atoms with Gasteiger partial charge in [-0.05, 0) is 42.0 Å². The summed E-state index contributed by atoms with van der Waals surface area (Å²) in [4.78, 5) is 16.9. The second-order valence-corrected chi connectivity index (χ2v) is 7.65. The molecule has 0 radical (unpaired) electrons. The Kier molecular flexibility index (Phi) is 6.17. The number of amides is 1. The van der Waals surface area contributed by atoms with Gasteiger partial charge in [0.15, 0.2) is 5.13 Å². The number of nitrogens with zero attached hydrogens (tertiary/aromatic N) is 2. The fourth-order valence-corrected chi connectivity index (χ4v) is 3.55. The number of halogens is 1. The number of hydrogen-bond donors (Lipinski definition) is 2. The van der Waals surface area contributed by atoms with E-state index in [1.165, 1.54) is 11.3 Å². The average Bonchev–Trinajstić information content (AvgIpc) is 3.25. The molecular weight excluding hydrogens is 416 g/mol. The lowest BCUT2D eigenvalue weighted by molar-refractivity contribution is 0.0955. The van der Waals surface area contributed by atoms with E-state index in [-0.39, 0.29) is 5.91 Å². The van der Waals surface area contributed by atoms with Crippen LogP contribution in [0.25, 0.3) is 11.3 Å². The highest BCUT2D eigenvalue weighted by molar-refractivity contribution is 7.14. The molecule has 0 saturated carbocycles. The molecule has 0 spiro atoms. The molecule has 2 N–H and O–H groups in total. The van der Waals surface area contributed by atoms with E-state index >= 15 is 0 Å². The molecule has 4 rings (SSSR count). The van der Waals surface area contributed by atoms with E-state index in [1.54, 1.807) is 30.5 Å². The summed E-state index contributed by atoms with van der Waals surface area (Å²) in [5, 5.41) is 10.7. The summed E-state index contributed by atoms with van der Waals surface area (Å²) in [5.74, 6) is -0.285. The van der Waals surface area contributed by atoms with E-state index in [1.807, 2.05) is 60.0 Å². The number of thiazole rings is 1. The maximum atomic E-state index is 12.2. The molecule has 3 aromatic carbocycles. The van der Waals surface area contributed by atoms with Crippen molar-refractivity contribution in [3.63, 3.8) is 0 Å². The number of hydrazone groups is 1. The van der Waals surface area contributed by atoms with Crippen LogP contribution >= 0.6 is 22.9 Å². The van der Waals surface area contributed by atoms with Crippen LogP contribution in [0.3, 0.4) is 0 Å². The van der Waals surface area contributed by atoms with Gasteiger partial charge >= 0.3 is 0 Å². The predicted octanol–water partition coefficient (Wildman–Crippen LogP) is 5.97. The van der Waals surface area contributed by atoms with Gasteiger partial charge in [0.2, 0.25) is 0 Å². The molecule has 0 fully saturated rings. The summed E-state index contributed by atoms with van der Waals surface area (Å²) in [7, 11) is 0. The Morgan fingerprint density at radius 2 is 1.70 bits per heavy atom. The summed E-state index contributed by atoms with van der Waals surface area (Å²) in [6.45, 7) is 0. The van der Waals surface area contributed by atoms with Crippen molar-refractivity contribution in [2.24, 2.45) is 5.10 Å². The quantitative estimate of drug-likeness (QED) is 0.291. The number of anilines is 2. The average molecular weight is 433 g/mol. The summed E-state index contributed by atoms with van der Waals surface area (Å²) < 4.78 is 0. The van der Waals surface area contributed by atoms with Crippen LogP contribution in [0.5, 0.6) is 0 Å². The molecule has 1 heterocycles. The van der Waals surface area contributed by atoms with Gasteiger partial charge < -0.3 is 5.32 Å². The van der Waals surface area contributed by atoms with Gasteiger partial charge in [0.1, 0.15) is 0 Å². The molecule has 0 bridgehead atoms. The van der Waals surface area contributed by atoms with Gasteiger partial charge in [0, 0.05) is 27.2 Å². The maximum absolute atomic E-state index is 12.2. The molecule has 7 heteroatoms. The van der Waals surface area contributed by atoms with Gasteiger partial charge in [0.25, 0.3) is 5.91 Å². The Hall–Kier alpha value is -3.48. The predicted molar refractivity (Wildman–Crippen MR) is 124 cm³/mol. The van der Waals surface area contributed by atoms with E-state index in [4.69, 9.17) is 11.6 Å². The van der Waals surface area contributed by atoms with Crippen molar-refractivity contribution >= 4 is 45.9 Å². The van der Waals surface area contributed by atoms with Crippen LogP contribution in [0.4, 0.5) is 10.8 Å². The van der Waals surface area contributed by atoms with Crippen molar-refractivity contribution in [2.75, 3.05) is 5.32 Å². The highest BCUT2D eigenvalue weighted by Gasteiger charge is 2.07. The highest BCUT2D eigenvalue weighted by Crippen LogP contribution is 2.27. The minimum absolute atomic E-state index is 0.285. The smallest absolute Gasteiger partial charge is 0.271 e. The summed E-state index contributed by atoms with van der Waals surface area (Å²) in [6, 6.07) is 24.3. The normalized spacial score (nSPS) is 10.8. The Labute approximate surface area is 183 Å². The lowest BCUT2D eigenvalue weighted by Crippen LogP contribution is -2.17. The van der Waals surface area contributed by atoms with Crippen molar-refractivity contribution < 1.29 is 4.79 Å². The van der Waals surface area contributed by atoms with Gasteiger partial charge in [-0.3, -0.25) is 4.79 Å². The molecule has 0 saturated heterocycles. The van der Waals surface area contributed by atoms with Crippen molar-refractivity contribution in [1.29, 1.82) is 0 Å². The third-order valence-corrected chi connectivity index (χ3v) is 5.23. The fraction of sp³-hybridized carbons (Fsp3) is 0. The van der Waals surface area contributed by atoms with Crippen molar-refractivity contribution in [2.45, 2.75) is 0 Å². The molecule has 0 atom stereocenters. The van der Waals surface area contributed by atoms with Crippen LogP contribution in [0, 0.1) is 0 Å². The van der Waals surface area contributed by atoms with Crippen LogP contribution < -0.4 is 10.7 Å². The van der Waals surface area contributed by atoms with Gasteiger partial charge in [0.05, 0.1) is 11.9 Å². The minimum atomic E-state index is -0.285. The second kappa shape index (κ2) is 9.35. The fourth-order valence-electron chi connectivity index (χ4n) is 2.68. The lowest BCUT2D eigenvalue weighted by atomic mass is 10.2. The Balaban J connectivity index is 1.35. The maximum Gasteiger partial charge on any atom is 0.271 e. The van der Waals surface area contributed by atoms with E-state index in [0.717, 1.165) is 27.6 Å². The molecule has 0 unspecified atom stereocenters.